The van der Waals surface area contributed by atoms with Gasteiger partial charge in [0.05, 0.1) is 23.4 Å². The lowest BCUT2D eigenvalue weighted by molar-refractivity contribution is -0.137. The molecule has 1 fully saturated rings. The number of piperidine rings is 1. The van der Waals surface area contributed by atoms with Gasteiger partial charge in [0.2, 0.25) is 5.91 Å². The summed E-state index contributed by atoms with van der Waals surface area (Å²) in [4.78, 5) is 26.5. The Morgan fingerprint density at radius 2 is 1.56 bits per heavy atom. The smallest absolute Gasteiger partial charge is 0.416 e. The average Bonchev–Trinajstić information content (AvgIpc) is 2.74. The van der Waals surface area contributed by atoms with Crippen molar-refractivity contribution >= 4 is 23.4 Å². The van der Waals surface area contributed by atoms with Gasteiger partial charge in [-0.2, -0.15) is 13.2 Å². The van der Waals surface area contributed by atoms with Gasteiger partial charge >= 0.3 is 12.3 Å². The van der Waals surface area contributed by atoms with Crippen LogP contribution in [0.2, 0.25) is 0 Å². The molecule has 184 valence electrons. The number of nitrogens with one attached hydrogen (secondary N) is 2. The number of alkyl halides is 3. The molecule has 2 aromatic rings. The number of likely N-dealkylation sites (tertiary alicyclic amines) is 1. The van der Waals surface area contributed by atoms with Crippen molar-refractivity contribution in [3.8, 4) is 0 Å². The number of nitrogens with zero attached hydrogens (tertiary/aromatic N) is 1. The van der Waals surface area contributed by atoms with E-state index >= 15 is 0 Å². The highest BCUT2D eigenvalue weighted by Gasteiger charge is 2.30. The second kappa shape index (κ2) is 10.4. The fourth-order valence-electron chi connectivity index (χ4n) is 3.72. The van der Waals surface area contributed by atoms with E-state index in [4.69, 9.17) is 4.74 Å². The summed E-state index contributed by atoms with van der Waals surface area (Å²) in [5.74, 6) is -0.106. The standard InChI is InChI=1S/C25H30F3N3O3/c1-24(2,3)34-23(33)30-21-7-5-4-6-20(21)29-19-12-14-31(15-13-19)22(32)16-17-8-10-18(11-9-17)25(26,27)28/h4-11,19,29H,12-16H2,1-3H3,(H,30,33). The molecule has 2 N–H and O–H groups in total. The van der Waals surface area contributed by atoms with E-state index in [1.165, 1.54) is 12.1 Å². The summed E-state index contributed by atoms with van der Waals surface area (Å²) in [6.07, 6.45) is -3.44. The highest BCUT2D eigenvalue weighted by Crippen LogP contribution is 2.29. The minimum absolute atomic E-state index is 0.0683. The summed E-state index contributed by atoms with van der Waals surface area (Å²) in [5.41, 5.74) is 0.601. The monoisotopic (exact) mass is 477 g/mol. The normalized spacial score (nSPS) is 15.1. The molecule has 0 radical (unpaired) electrons. The van der Waals surface area contributed by atoms with E-state index in [-0.39, 0.29) is 18.4 Å². The Labute approximate surface area is 197 Å². The molecule has 0 aromatic heterocycles. The molecule has 1 aliphatic rings. The van der Waals surface area contributed by atoms with E-state index in [0.717, 1.165) is 17.8 Å². The third kappa shape index (κ3) is 7.40. The van der Waals surface area contributed by atoms with Gasteiger partial charge in [-0.05, 0) is 63.4 Å². The van der Waals surface area contributed by atoms with Crippen molar-refractivity contribution in [3.63, 3.8) is 0 Å². The SMILES string of the molecule is CC(C)(C)OC(=O)Nc1ccccc1NC1CCN(C(=O)Cc2ccc(C(F)(F)F)cc2)CC1. The number of carbonyl (C=O) groups is 2. The van der Waals surface area contributed by atoms with Crippen molar-refractivity contribution < 1.29 is 27.5 Å². The van der Waals surface area contributed by atoms with Crippen LogP contribution in [0.5, 0.6) is 0 Å². The molecule has 1 aliphatic heterocycles. The summed E-state index contributed by atoms with van der Waals surface area (Å²) >= 11 is 0. The molecule has 6 nitrogen and oxygen atoms in total. The molecule has 2 aromatic carbocycles. The molecule has 2 amide bonds. The number of para-hydroxylation sites is 2. The summed E-state index contributed by atoms with van der Waals surface area (Å²) < 4.78 is 43.5. The first-order chi connectivity index (χ1) is 15.9. The fourth-order valence-corrected chi connectivity index (χ4v) is 3.72. The van der Waals surface area contributed by atoms with E-state index in [2.05, 4.69) is 10.6 Å². The molecule has 0 saturated carbocycles. The van der Waals surface area contributed by atoms with Gasteiger partial charge in [0.15, 0.2) is 0 Å². The van der Waals surface area contributed by atoms with Gasteiger partial charge in [-0.1, -0.05) is 24.3 Å². The third-order valence-corrected chi connectivity index (χ3v) is 5.41. The van der Waals surface area contributed by atoms with Crippen molar-refractivity contribution in [1.82, 2.24) is 4.90 Å². The Kier molecular flexibility index (Phi) is 7.74. The number of carbonyl (C=O) groups excluding carboxylic acids is 2. The van der Waals surface area contributed by atoms with Crippen LogP contribution < -0.4 is 10.6 Å². The molecule has 0 spiro atoms. The number of hydrogen-bond donors (Lipinski definition) is 2. The van der Waals surface area contributed by atoms with E-state index < -0.39 is 23.4 Å². The van der Waals surface area contributed by atoms with E-state index in [0.29, 0.717) is 37.2 Å². The van der Waals surface area contributed by atoms with Crippen molar-refractivity contribution in [1.29, 1.82) is 0 Å². The van der Waals surface area contributed by atoms with Gasteiger partial charge in [0.25, 0.3) is 0 Å². The van der Waals surface area contributed by atoms with Crippen LogP contribution in [0, 0.1) is 0 Å². The van der Waals surface area contributed by atoms with Crippen molar-refractivity contribution in [3.05, 3.63) is 59.7 Å². The first kappa shape index (κ1) is 25.4. The van der Waals surface area contributed by atoms with Gasteiger partial charge in [-0.25, -0.2) is 4.79 Å². The minimum Gasteiger partial charge on any atom is -0.444 e. The van der Waals surface area contributed by atoms with Crippen LogP contribution in [0.4, 0.5) is 29.3 Å². The number of hydrogen-bond acceptors (Lipinski definition) is 4. The Morgan fingerprint density at radius 3 is 2.12 bits per heavy atom. The molecule has 34 heavy (non-hydrogen) atoms. The maximum absolute atomic E-state index is 12.7. The molecule has 0 atom stereocenters. The lowest BCUT2D eigenvalue weighted by atomic mass is 10.0. The maximum Gasteiger partial charge on any atom is 0.416 e. The quantitative estimate of drug-likeness (QED) is 0.580. The predicted octanol–water partition coefficient (Wildman–Crippen LogP) is 5.70. The first-order valence-electron chi connectivity index (χ1n) is 11.2. The van der Waals surface area contributed by atoms with Gasteiger partial charge in [0, 0.05) is 19.1 Å². The molecule has 1 heterocycles. The van der Waals surface area contributed by atoms with Crippen molar-refractivity contribution in [2.45, 2.75) is 57.9 Å². The Balaban J connectivity index is 1.52. The van der Waals surface area contributed by atoms with Crippen LogP contribution in [0.25, 0.3) is 0 Å². The lowest BCUT2D eigenvalue weighted by Gasteiger charge is -2.33. The number of rotatable bonds is 5. The van der Waals surface area contributed by atoms with Crippen LogP contribution in [-0.4, -0.2) is 41.6 Å². The highest BCUT2D eigenvalue weighted by molar-refractivity contribution is 5.89. The zero-order valence-corrected chi connectivity index (χ0v) is 19.5. The maximum atomic E-state index is 12.7. The number of amides is 2. The first-order valence-corrected chi connectivity index (χ1v) is 11.2. The Hall–Kier alpha value is -3.23. The van der Waals surface area contributed by atoms with Crippen LogP contribution in [0.3, 0.4) is 0 Å². The highest BCUT2D eigenvalue weighted by atomic mass is 19.4. The molecule has 9 heteroatoms. The number of benzene rings is 2. The summed E-state index contributed by atoms with van der Waals surface area (Å²) in [6.45, 7) is 6.47. The Bertz CT molecular complexity index is 993. The third-order valence-electron chi connectivity index (χ3n) is 5.41. The van der Waals surface area contributed by atoms with Crippen molar-refractivity contribution in [2.75, 3.05) is 23.7 Å². The van der Waals surface area contributed by atoms with Crippen LogP contribution in [0.15, 0.2) is 48.5 Å². The van der Waals surface area contributed by atoms with Crippen LogP contribution >= 0.6 is 0 Å². The van der Waals surface area contributed by atoms with E-state index in [1.54, 1.807) is 31.7 Å². The topological polar surface area (TPSA) is 70.7 Å². The second-order valence-electron chi connectivity index (χ2n) is 9.34. The Morgan fingerprint density at radius 1 is 0.971 bits per heavy atom. The van der Waals surface area contributed by atoms with E-state index in [1.807, 2.05) is 18.2 Å². The largest absolute Gasteiger partial charge is 0.444 e. The molecule has 1 saturated heterocycles. The fraction of sp³-hybridized carbons (Fsp3) is 0.440. The van der Waals surface area contributed by atoms with Crippen molar-refractivity contribution in [2.24, 2.45) is 0 Å². The van der Waals surface area contributed by atoms with Crippen LogP contribution in [-0.2, 0) is 22.1 Å². The number of ether oxygens (including phenoxy) is 1. The molecule has 0 bridgehead atoms. The predicted molar refractivity (Wildman–Crippen MR) is 125 cm³/mol. The summed E-state index contributed by atoms with van der Waals surface area (Å²) in [5, 5.41) is 6.20. The molecule has 3 rings (SSSR count). The lowest BCUT2D eigenvalue weighted by Crippen LogP contribution is -2.43. The summed E-state index contributed by atoms with van der Waals surface area (Å²) in [6, 6.07) is 12.2. The van der Waals surface area contributed by atoms with Gasteiger partial charge in [-0.3, -0.25) is 10.1 Å². The molecular formula is C25H30F3N3O3. The molecular weight excluding hydrogens is 447 g/mol. The zero-order valence-electron chi connectivity index (χ0n) is 19.5. The summed E-state index contributed by atoms with van der Waals surface area (Å²) in [7, 11) is 0. The zero-order chi connectivity index (χ0) is 24.9. The van der Waals surface area contributed by atoms with Gasteiger partial charge in [0.1, 0.15) is 5.60 Å². The molecule has 0 aliphatic carbocycles. The van der Waals surface area contributed by atoms with E-state index in [9.17, 15) is 22.8 Å². The average molecular weight is 478 g/mol. The van der Waals surface area contributed by atoms with Gasteiger partial charge in [-0.15, -0.1) is 0 Å². The number of halogens is 3. The van der Waals surface area contributed by atoms with Crippen LogP contribution in [0.1, 0.15) is 44.7 Å². The number of anilines is 2. The minimum atomic E-state index is -4.39. The molecule has 0 unspecified atom stereocenters. The second-order valence-corrected chi connectivity index (χ2v) is 9.34. The van der Waals surface area contributed by atoms with Gasteiger partial charge < -0.3 is 15.0 Å².